The van der Waals surface area contributed by atoms with Gasteiger partial charge >= 0.3 is 0 Å². The summed E-state index contributed by atoms with van der Waals surface area (Å²) in [4.78, 5) is 10.8. The Labute approximate surface area is 233 Å². The highest BCUT2D eigenvalue weighted by molar-refractivity contribution is 7.85. The second kappa shape index (κ2) is 10.3. The molecule has 4 fully saturated rings. The predicted octanol–water partition coefficient (Wildman–Crippen LogP) is 4.03. The second-order valence-electron chi connectivity index (χ2n) is 11.0. The summed E-state index contributed by atoms with van der Waals surface area (Å²) in [5, 5.41) is 10.7. The molecule has 2 aromatic rings. The first-order valence-corrected chi connectivity index (χ1v) is 15.1. The van der Waals surface area contributed by atoms with Crippen LogP contribution in [0.2, 0.25) is 10.0 Å². The number of halogens is 3. The van der Waals surface area contributed by atoms with Gasteiger partial charge in [0.2, 0.25) is 0 Å². The van der Waals surface area contributed by atoms with Crippen molar-refractivity contribution in [3.8, 4) is 6.07 Å². The quantitative estimate of drug-likeness (QED) is 0.548. The van der Waals surface area contributed by atoms with E-state index < -0.39 is 29.2 Å². The summed E-state index contributed by atoms with van der Waals surface area (Å²) < 4.78 is 33.3. The van der Waals surface area contributed by atoms with E-state index in [1.165, 1.54) is 12.4 Å². The molecule has 3 saturated heterocycles. The summed E-state index contributed by atoms with van der Waals surface area (Å²) in [5.74, 6) is 2.22. The van der Waals surface area contributed by atoms with E-state index in [0.717, 1.165) is 36.6 Å². The molecule has 5 heterocycles. The number of ether oxygens (including phenoxy) is 1. The maximum Gasteiger partial charge on any atom is 0.146 e. The molecule has 6 rings (SSSR count). The number of hydrogen-bond acceptors (Lipinski definition) is 8. The smallest absolute Gasteiger partial charge is 0.146 e. The molecule has 4 aliphatic rings. The van der Waals surface area contributed by atoms with Crippen molar-refractivity contribution in [2.45, 2.75) is 56.6 Å². The molecule has 1 saturated carbocycles. The minimum atomic E-state index is -1.15. The van der Waals surface area contributed by atoms with Crippen molar-refractivity contribution in [3.63, 3.8) is 0 Å². The molecule has 12 heteroatoms. The number of anilines is 1. The van der Waals surface area contributed by atoms with Gasteiger partial charge in [-0.15, -0.1) is 0 Å². The average molecular weight is 580 g/mol. The Kier molecular flexibility index (Phi) is 7.12. The predicted molar refractivity (Wildman–Crippen MR) is 144 cm³/mol. The van der Waals surface area contributed by atoms with Crippen molar-refractivity contribution < 1.29 is 13.3 Å². The number of hydrazine groups is 1. The van der Waals surface area contributed by atoms with Gasteiger partial charge in [0, 0.05) is 71.0 Å². The Morgan fingerprint density at radius 2 is 2.03 bits per heavy atom. The van der Waals surface area contributed by atoms with E-state index >= 15 is 4.39 Å². The van der Waals surface area contributed by atoms with Crippen LogP contribution in [-0.2, 0) is 15.5 Å². The van der Waals surface area contributed by atoms with Gasteiger partial charge < -0.3 is 9.64 Å². The molecule has 0 aromatic carbocycles. The van der Waals surface area contributed by atoms with Crippen LogP contribution in [0.1, 0.15) is 55.0 Å². The van der Waals surface area contributed by atoms with Crippen molar-refractivity contribution in [3.05, 3.63) is 51.4 Å². The molecule has 1 aliphatic carbocycles. The summed E-state index contributed by atoms with van der Waals surface area (Å²) in [6, 6.07) is 3.99. The number of aromatic nitrogens is 2. The molecule has 6 unspecified atom stereocenters. The zero-order valence-electron chi connectivity index (χ0n) is 20.9. The number of nitriles is 1. The molecule has 0 amide bonds. The molecule has 7 atom stereocenters. The van der Waals surface area contributed by atoms with Crippen LogP contribution >= 0.6 is 23.2 Å². The molecule has 8 nitrogen and oxygen atoms in total. The lowest BCUT2D eigenvalue weighted by Crippen LogP contribution is -2.57. The van der Waals surface area contributed by atoms with Crippen LogP contribution in [0.5, 0.6) is 0 Å². The SMILES string of the molecule is C[C@@H](OC1CC2C(CC1F)NNC2c1cnc(N2CC3(CCS(=O)C3)C2)c(C#N)c1)c1c(Cl)cncc1Cl. The summed E-state index contributed by atoms with van der Waals surface area (Å²) in [6.07, 6.45) is 4.30. The molecule has 3 aliphatic heterocycles. The summed E-state index contributed by atoms with van der Waals surface area (Å²) in [6.45, 7) is 3.39. The summed E-state index contributed by atoms with van der Waals surface area (Å²) >= 11 is 12.6. The number of nitrogens with one attached hydrogen (secondary N) is 2. The van der Waals surface area contributed by atoms with E-state index in [1.54, 1.807) is 0 Å². The highest BCUT2D eigenvalue weighted by Gasteiger charge is 2.49. The lowest BCUT2D eigenvalue weighted by molar-refractivity contribution is -0.0783. The van der Waals surface area contributed by atoms with Gasteiger partial charge in [0.15, 0.2) is 0 Å². The van der Waals surface area contributed by atoms with E-state index in [-0.39, 0.29) is 23.4 Å². The summed E-state index contributed by atoms with van der Waals surface area (Å²) in [5.41, 5.74) is 8.67. The Morgan fingerprint density at radius 1 is 1.26 bits per heavy atom. The zero-order valence-corrected chi connectivity index (χ0v) is 23.2. The monoisotopic (exact) mass is 578 g/mol. The van der Waals surface area contributed by atoms with Crippen LogP contribution in [-0.4, -0.2) is 57.1 Å². The van der Waals surface area contributed by atoms with Gasteiger partial charge in [-0.2, -0.15) is 5.26 Å². The van der Waals surface area contributed by atoms with E-state index in [4.69, 9.17) is 27.9 Å². The molecular formula is C26H29Cl2FN6O2S. The first kappa shape index (κ1) is 26.4. The standard InChI is InChI=1S/C26H29Cl2FN6O2S/c1-14(23-18(27)9-31-10-19(23)28)37-22-5-17-21(6-20(22)29)33-34-24(17)16-4-15(7-30)25(32-8-16)35-11-26(12-35)2-3-38(36)13-26/h4,8-10,14,17,20-22,24,33-34H,2-3,5-6,11-13H2,1H3/t14-,17?,20?,21?,22?,24?,38?/m1/s1. The lowest BCUT2D eigenvalue weighted by Gasteiger charge is -2.48. The van der Waals surface area contributed by atoms with Crippen molar-refractivity contribution in [1.29, 1.82) is 5.26 Å². The molecule has 2 N–H and O–H groups in total. The third-order valence-corrected chi connectivity index (χ3v) is 10.7. The van der Waals surface area contributed by atoms with Crippen LogP contribution < -0.4 is 15.8 Å². The topological polar surface area (TPSA) is 103 Å². The third kappa shape index (κ3) is 4.72. The fourth-order valence-corrected chi connectivity index (χ4v) is 9.04. The molecule has 202 valence electrons. The van der Waals surface area contributed by atoms with Crippen LogP contribution in [0, 0.1) is 22.7 Å². The number of hydrogen-bond donors (Lipinski definition) is 2. The highest BCUT2D eigenvalue weighted by Crippen LogP contribution is 2.44. The highest BCUT2D eigenvalue weighted by atomic mass is 35.5. The Bertz CT molecular complexity index is 1280. The van der Waals surface area contributed by atoms with Crippen molar-refractivity contribution in [2.24, 2.45) is 11.3 Å². The van der Waals surface area contributed by atoms with Crippen molar-refractivity contribution >= 4 is 39.8 Å². The Balaban J connectivity index is 1.17. The Hall–Kier alpha value is -1.87. The number of nitrogens with zero attached hydrogens (tertiary/aromatic N) is 4. The average Bonchev–Trinajstić information content (AvgIpc) is 3.46. The van der Waals surface area contributed by atoms with Crippen LogP contribution in [0.3, 0.4) is 0 Å². The zero-order chi connectivity index (χ0) is 26.6. The van der Waals surface area contributed by atoms with Gasteiger partial charge in [-0.05, 0) is 43.7 Å². The van der Waals surface area contributed by atoms with Gasteiger partial charge in [-0.1, -0.05) is 23.2 Å². The van der Waals surface area contributed by atoms with Gasteiger partial charge in [-0.25, -0.2) is 14.8 Å². The summed E-state index contributed by atoms with van der Waals surface area (Å²) in [7, 11) is -0.732. The maximum atomic E-state index is 15.2. The molecular weight excluding hydrogens is 550 g/mol. The largest absolute Gasteiger partial charge is 0.367 e. The molecule has 2 aromatic heterocycles. The molecule has 0 radical (unpaired) electrons. The molecule has 0 bridgehead atoms. The maximum absolute atomic E-state index is 15.2. The number of rotatable bonds is 5. The fraction of sp³-hybridized carbons (Fsp3) is 0.577. The van der Waals surface area contributed by atoms with Crippen LogP contribution in [0.4, 0.5) is 10.2 Å². The van der Waals surface area contributed by atoms with Crippen molar-refractivity contribution in [2.75, 3.05) is 29.5 Å². The van der Waals surface area contributed by atoms with E-state index in [0.29, 0.717) is 39.8 Å². The van der Waals surface area contributed by atoms with Crippen molar-refractivity contribution in [1.82, 2.24) is 20.8 Å². The first-order valence-electron chi connectivity index (χ1n) is 12.9. The Morgan fingerprint density at radius 3 is 2.71 bits per heavy atom. The van der Waals surface area contributed by atoms with Gasteiger partial charge in [0.05, 0.1) is 33.9 Å². The minimum absolute atomic E-state index is 0.0440. The normalized spacial score (nSPS) is 32.6. The van der Waals surface area contributed by atoms with E-state index in [2.05, 4.69) is 31.8 Å². The van der Waals surface area contributed by atoms with E-state index in [9.17, 15) is 9.47 Å². The van der Waals surface area contributed by atoms with Crippen LogP contribution in [0.15, 0.2) is 24.7 Å². The number of pyridine rings is 2. The van der Waals surface area contributed by atoms with Crippen LogP contribution in [0.25, 0.3) is 0 Å². The number of alkyl halides is 1. The van der Waals surface area contributed by atoms with E-state index in [1.807, 2.05) is 19.2 Å². The lowest BCUT2D eigenvalue weighted by atomic mass is 9.77. The third-order valence-electron chi connectivity index (χ3n) is 8.48. The second-order valence-corrected chi connectivity index (χ2v) is 13.4. The molecule has 1 spiro atoms. The van der Waals surface area contributed by atoms with Gasteiger partial charge in [0.1, 0.15) is 18.1 Å². The molecule has 38 heavy (non-hydrogen) atoms. The fourth-order valence-electron chi connectivity index (χ4n) is 6.56. The first-order chi connectivity index (χ1) is 18.3. The minimum Gasteiger partial charge on any atom is -0.367 e. The number of fused-ring (bicyclic) bond motifs is 1. The van der Waals surface area contributed by atoms with Gasteiger partial charge in [0.25, 0.3) is 0 Å². The van der Waals surface area contributed by atoms with Gasteiger partial charge in [-0.3, -0.25) is 14.6 Å².